The fourth-order valence-corrected chi connectivity index (χ4v) is 4.43. The van der Waals surface area contributed by atoms with Gasteiger partial charge in [0.1, 0.15) is 12.4 Å². The molecule has 2 amide bonds. The normalized spacial score (nSPS) is 16.6. The van der Waals surface area contributed by atoms with Crippen molar-refractivity contribution in [2.24, 2.45) is 0 Å². The average molecular weight is 461 g/mol. The number of amides is 2. The Bertz CT molecular complexity index is 678. The zero-order valence-electron chi connectivity index (χ0n) is 12.6. The molecule has 1 fully saturated rings. The second-order valence-corrected chi connectivity index (χ2v) is 7.76. The maximum absolute atomic E-state index is 12.3. The molecule has 7 heteroatoms. The fraction of sp³-hybridized carbons (Fsp3) is 0.250. The average Bonchev–Trinajstić information content (AvgIpc) is 2.72. The van der Waals surface area contributed by atoms with Crippen molar-refractivity contribution < 1.29 is 14.3 Å². The lowest BCUT2D eigenvalue weighted by atomic mass is 10.2. The van der Waals surface area contributed by atoms with Crippen LogP contribution in [0.2, 0.25) is 0 Å². The number of rotatable bonds is 5. The molecule has 0 bridgehead atoms. The Kier molecular flexibility index (Phi) is 6.11. The van der Waals surface area contributed by atoms with Crippen LogP contribution in [0.15, 0.2) is 38.6 Å². The second-order valence-electron chi connectivity index (χ2n) is 5.06. The quantitative estimate of drug-likeness (QED) is 0.446. The molecule has 1 aliphatic rings. The molecule has 0 unspecified atom stereocenters. The predicted octanol–water partition coefficient (Wildman–Crippen LogP) is 5.22. The van der Waals surface area contributed by atoms with Gasteiger partial charge >= 0.3 is 0 Å². The van der Waals surface area contributed by atoms with Gasteiger partial charge in [0.15, 0.2) is 0 Å². The summed E-state index contributed by atoms with van der Waals surface area (Å²) in [6, 6.07) is 3.53. The number of hydrogen-bond acceptors (Lipinski definition) is 4. The summed E-state index contributed by atoms with van der Waals surface area (Å²) in [5, 5.41) is -0.236. The van der Waals surface area contributed by atoms with E-state index in [1.165, 1.54) is 4.90 Å². The Morgan fingerprint density at radius 3 is 2.39 bits per heavy atom. The van der Waals surface area contributed by atoms with Crippen LogP contribution in [-0.2, 0) is 4.79 Å². The Hall–Kier alpha value is -1.05. The standard InChI is InChI=1S/C16H15Br2NO3S/c1-4-5-22-14-11(17)6-10(7-12(14)18)8-13-15(20)19(9(2)3)16(21)23-13/h4,6-9H,1,5H2,2-3H3/b13-8-. The summed E-state index contributed by atoms with van der Waals surface area (Å²) < 4.78 is 7.07. The van der Waals surface area contributed by atoms with Gasteiger partial charge < -0.3 is 4.74 Å². The highest BCUT2D eigenvalue weighted by Crippen LogP contribution is 2.38. The van der Waals surface area contributed by atoms with Crippen LogP contribution in [0.25, 0.3) is 6.08 Å². The third-order valence-corrected chi connectivity index (χ3v) is 5.07. The van der Waals surface area contributed by atoms with Crippen LogP contribution >= 0.6 is 43.6 Å². The molecule has 23 heavy (non-hydrogen) atoms. The molecule has 0 aliphatic carbocycles. The lowest BCUT2D eigenvalue weighted by molar-refractivity contribution is -0.123. The van der Waals surface area contributed by atoms with Gasteiger partial charge in [-0.3, -0.25) is 14.5 Å². The number of carbonyl (C=O) groups is 2. The highest BCUT2D eigenvalue weighted by atomic mass is 79.9. The van der Waals surface area contributed by atoms with Gasteiger partial charge in [-0.25, -0.2) is 0 Å². The lowest BCUT2D eigenvalue weighted by Gasteiger charge is -2.16. The molecule has 0 spiro atoms. The number of nitrogens with zero attached hydrogens (tertiary/aromatic N) is 1. The summed E-state index contributed by atoms with van der Waals surface area (Å²) >= 11 is 7.86. The van der Waals surface area contributed by atoms with E-state index in [4.69, 9.17) is 4.74 Å². The Morgan fingerprint density at radius 2 is 1.91 bits per heavy atom. The van der Waals surface area contributed by atoms with E-state index >= 15 is 0 Å². The van der Waals surface area contributed by atoms with E-state index in [1.54, 1.807) is 12.2 Å². The van der Waals surface area contributed by atoms with E-state index in [1.807, 2.05) is 26.0 Å². The van der Waals surface area contributed by atoms with Crippen molar-refractivity contribution in [3.63, 3.8) is 0 Å². The lowest BCUT2D eigenvalue weighted by Crippen LogP contribution is -2.34. The van der Waals surface area contributed by atoms with Crippen molar-refractivity contribution in [2.45, 2.75) is 19.9 Å². The number of benzene rings is 1. The van der Waals surface area contributed by atoms with E-state index < -0.39 is 0 Å². The van der Waals surface area contributed by atoms with E-state index in [2.05, 4.69) is 38.4 Å². The van der Waals surface area contributed by atoms with Crippen LogP contribution in [0.3, 0.4) is 0 Å². The summed E-state index contributed by atoms with van der Waals surface area (Å²) in [7, 11) is 0. The minimum absolute atomic E-state index is 0.151. The zero-order valence-corrected chi connectivity index (χ0v) is 16.6. The van der Waals surface area contributed by atoms with E-state index in [9.17, 15) is 9.59 Å². The van der Waals surface area contributed by atoms with Crippen molar-refractivity contribution in [1.82, 2.24) is 4.90 Å². The van der Waals surface area contributed by atoms with E-state index in [0.717, 1.165) is 26.3 Å². The summed E-state index contributed by atoms with van der Waals surface area (Å²) in [4.78, 5) is 25.9. The van der Waals surface area contributed by atoms with Gasteiger partial charge in [0, 0.05) is 6.04 Å². The first-order valence-corrected chi connectivity index (χ1v) is 9.25. The molecular weight excluding hydrogens is 446 g/mol. The Morgan fingerprint density at radius 1 is 1.30 bits per heavy atom. The number of carbonyl (C=O) groups excluding carboxylic acids is 2. The predicted molar refractivity (Wildman–Crippen MR) is 100 cm³/mol. The minimum Gasteiger partial charge on any atom is -0.487 e. The van der Waals surface area contributed by atoms with Crippen molar-refractivity contribution in [3.8, 4) is 5.75 Å². The van der Waals surface area contributed by atoms with Crippen molar-refractivity contribution in [1.29, 1.82) is 0 Å². The van der Waals surface area contributed by atoms with Gasteiger partial charge in [-0.1, -0.05) is 12.7 Å². The molecule has 4 nitrogen and oxygen atoms in total. The van der Waals surface area contributed by atoms with Crippen LogP contribution in [0.4, 0.5) is 4.79 Å². The number of hydrogen-bond donors (Lipinski definition) is 0. The van der Waals surface area contributed by atoms with Crippen LogP contribution in [0.1, 0.15) is 19.4 Å². The first-order valence-electron chi connectivity index (χ1n) is 6.85. The van der Waals surface area contributed by atoms with Crippen LogP contribution in [-0.4, -0.2) is 28.7 Å². The first kappa shape index (κ1) is 18.3. The summed E-state index contributed by atoms with van der Waals surface area (Å²) in [5.41, 5.74) is 0.795. The molecule has 122 valence electrons. The van der Waals surface area contributed by atoms with Gasteiger partial charge in [0.25, 0.3) is 11.1 Å². The molecule has 1 saturated heterocycles. The van der Waals surface area contributed by atoms with Crippen LogP contribution in [0, 0.1) is 0 Å². The number of imide groups is 1. The SMILES string of the molecule is C=CCOc1c(Br)cc(/C=C2\SC(=O)N(C(C)C)C2=O)cc1Br. The third kappa shape index (κ3) is 4.08. The molecule has 0 radical (unpaired) electrons. The summed E-state index contributed by atoms with van der Waals surface area (Å²) in [5.74, 6) is 0.409. The molecule has 0 N–H and O–H groups in total. The number of halogens is 2. The maximum atomic E-state index is 12.3. The van der Waals surface area contributed by atoms with Crippen molar-refractivity contribution in [2.75, 3.05) is 6.61 Å². The smallest absolute Gasteiger partial charge is 0.293 e. The second kappa shape index (κ2) is 7.68. The molecule has 0 saturated carbocycles. The van der Waals surface area contributed by atoms with Gasteiger partial charge in [-0.15, -0.1) is 0 Å². The van der Waals surface area contributed by atoms with Crippen LogP contribution in [0.5, 0.6) is 5.75 Å². The number of ether oxygens (including phenoxy) is 1. The Balaban J connectivity index is 2.32. The van der Waals surface area contributed by atoms with E-state index in [-0.39, 0.29) is 17.2 Å². The molecule has 1 aliphatic heterocycles. The zero-order chi connectivity index (χ0) is 17.1. The minimum atomic E-state index is -0.255. The monoisotopic (exact) mass is 459 g/mol. The molecule has 0 atom stereocenters. The van der Waals surface area contributed by atoms with Gasteiger partial charge in [-0.2, -0.15) is 0 Å². The number of thioether (sulfide) groups is 1. The van der Waals surface area contributed by atoms with Gasteiger partial charge in [-0.05, 0) is 81.2 Å². The molecular formula is C16H15Br2NO3S. The molecule has 1 aromatic carbocycles. The van der Waals surface area contributed by atoms with Gasteiger partial charge in [0.2, 0.25) is 0 Å². The molecule has 1 heterocycles. The highest BCUT2D eigenvalue weighted by molar-refractivity contribution is 9.11. The molecule has 1 aromatic rings. The summed E-state index contributed by atoms with van der Waals surface area (Å²) in [6.45, 7) is 7.64. The largest absolute Gasteiger partial charge is 0.487 e. The van der Waals surface area contributed by atoms with Crippen molar-refractivity contribution >= 4 is 60.8 Å². The maximum Gasteiger partial charge on any atom is 0.293 e. The van der Waals surface area contributed by atoms with Gasteiger partial charge in [0.05, 0.1) is 13.9 Å². The van der Waals surface area contributed by atoms with E-state index in [0.29, 0.717) is 17.3 Å². The first-order chi connectivity index (χ1) is 10.8. The van der Waals surface area contributed by atoms with Crippen LogP contribution < -0.4 is 4.74 Å². The highest BCUT2D eigenvalue weighted by Gasteiger charge is 2.36. The fourth-order valence-electron chi connectivity index (χ4n) is 2.02. The molecule has 2 rings (SSSR count). The van der Waals surface area contributed by atoms with Crippen molar-refractivity contribution in [3.05, 3.63) is 44.2 Å². The third-order valence-electron chi connectivity index (χ3n) is 3.00. The molecule has 0 aromatic heterocycles. The summed E-state index contributed by atoms with van der Waals surface area (Å²) in [6.07, 6.45) is 3.37. The topological polar surface area (TPSA) is 46.6 Å². The Labute approximate surface area is 156 Å².